The number of ether oxygens (including phenoxy) is 2. The van der Waals surface area contributed by atoms with E-state index in [1.54, 1.807) is 6.07 Å². The third-order valence-electron chi connectivity index (χ3n) is 2.75. The van der Waals surface area contributed by atoms with Crippen LogP contribution in [0.15, 0.2) is 23.1 Å². The van der Waals surface area contributed by atoms with Crippen molar-refractivity contribution in [2.75, 3.05) is 26.6 Å². The first-order valence-electron chi connectivity index (χ1n) is 6.01. The lowest BCUT2D eigenvalue weighted by Gasteiger charge is -2.11. The van der Waals surface area contributed by atoms with Gasteiger partial charge >= 0.3 is 5.97 Å². The van der Waals surface area contributed by atoms with Gasteiger partial charge in [-0.05, 0) is 24.1 Å². The predicted molar refractivity (Wildman–Crippen MR) is 72.9 cm³/mol. The first-order valence-corrected chi connectivity index (χ1v) is 7.66. The zero-order valence-corrected chi connectivity index (χ0v) is 12.3. The number of aliphatic carboxylic acids is 1. The smallest absolute Gasteiger partial charge is 0.303 e. The number of benzene rings is 1. The highest BCUT2D eigenvalue weighted by molar-refractivity contribution is 7.91. The summed E-state index contributed by atoms with van der Waals surface area (Å²) < 4.78 is 34.2. The first kappa shape index (κ1) is 16.5. The van der Waals surface area contributed by atoms with Crippen molar-refractivity contribution in [3.63, 3.8) is 0 Å². The second kappa shape index (κ2) is 7.25. The zero-order chi connectivity index (χ0) is 15.2. The molecule has 0 aliphatic rings. The third kappa shape index (κ3) is 4.50. The number of carboxylic acids is 1. The second-order valence-electron chi connectivity index (χ2n) is 4.19. The van der Waals surface area contributed by atoms with Crippen LogP contribution in [0.25, 0.3) is 0 Å². The van der Waals surface area contributed by atoms with Crippen molar-refractivity contribution in [2.45, 2.75) is 17.7 Å². The van der Waals surface area contributed by atoms with Crippen molar-refractivity contribution >= 4 is 15.8 Å². The standard InChI is InChI=1S/C13H18O6S/c1-18-7-8-20(16,17)12-9-10(4-6-13(14)15)3-5-11(12)19-2/h3,5,9H,4,6-8H2,1-2H3,(H,14,15). The van der Waals surface area contributed by atoms with Crippen LogP contribution in [-0.4, -0.2) is 46.1 Å². The topological polar surface area (TPSA) is 89.9 Å². The molecule has 0 bridgehead atoms. The second-order valence-corrected chi connectivity index (χ2v) is 6.27. The molecule has 0 saturated carbocycles. The van der Waals surface area contributed by atoms with Gasteiger partial charge in [0.05, 0.1) is 19.5 Å². The van der Waals surface area contributed by atoms with Crippen LogP contribution in [0.1, 0.15) is 12.0 Å². The van der Waals surface area contributed by atoms with Gasteiger partial charge in [0, 0.05) is 13.5 Å². The van der Waals surface area contributed by atoms with E-state index in [4.69, 9.17) is 14.6 Å². The van der Waals surface area contributed by atoms with Crippen molar-refractivity contribution in [3.05, 3.63) is 23.8 Å². The molecule has 20 heavy (non-hydrogen) atoms. The van der Waals surface area contributed by atoms with Crippen molar-refractivity contribution in [3.8, 4) is 5.75 Å². The number of sulfone groups is 1. The Balaban J connectivity index is 3.08. The van der Waals surface area contributed by atoms with Crippen LogP contribution < -0.4 is 4.74 Å². The molecule has 0 aliphatic carbocycles. The average Bonchev–Trinajstić information content (AvgIpc) is 2.42. The maximum atomic E-state index is 12.2. The van der Waals surface area contributed by atoms with Crippen molar-refractivity contribution in [1.29, 1.82) is 0 Å². The van der Waals surface area contributed by atoms with Crippen molar-refractivity contribution in [2.24, 2.45) is 0 Å². The van der Waals surface area contributed by atoms with Crippen LogP contribution in [0.5, 0.6) is 5.75 Å². The molecule has 0 aromatic heterocycles. The Kier molecular flexibility index (Phi) is 5.97. The van der Waals surface area contributed by atoms with E-state index in [-0.39, 0.29) is 35.8 Å². The van der Waals surface area contributed by atoms with E-state index < -0.39 is 15.8 Å². The summed E-state index contributed by atoms with van der Waals surface area (Å²) in [7, 11) is -0.707. The largest absolute Gasteiger partial charge is 0.495 e. The van der Waals surface area contributed by atoms with Crippen LogP contribution >= 0.6 is 0 Å². The maximum Gasteiger partial charge on any atom is 0.303 e. The molecular weight excluding hydrogens is 284 g/mol. The fourth-order valence-electron chi connectivity index (χ4n) is 1.67. The van der Waals surface area contributed by atoms with Crippen LogP contribution in [0.2, 0.25) is 0 Å². The SMILES string of the molecule is COCCS(=O)(=O)c1cc(CCC(=O)O)ccc1OC. The zero-order valence-electron chi connectivity index (χ0n) is 11.5. The molecule has 0 spiro atoms. The molecule has 0 fully saturated rings. The minimum Gasteiger partial charge on any atom is -0.495 e. The number of aryl methyl sites for hydroxylation is 1. The van der Waals surface area contributed by atoms with Gasteiger partial charge in [-0.1, -0.05) is 6.07 Å². The van der Waals surface area contributed by atoms with Gasteiger partial charge < -0.3 is 14.6 Å². The van der Waals surface area contributed by atoms with E-state index in [1.165, 1.54) is 26.4 Å². The summed E-state index contributed by atoms with van der Waals surface area (Å²) in [4.78, 5) is 10.6. The number of rotatable bonds is 8. The molecule has 0 atom stereocenters. The molecule has 1 N–H and O–H groups in total. The fraction of sp³-hybridized carbons (Fsp3) is 0.462. The van der Waals surface area contributed by atoms with Crippen LogP contribution in [0, 0.1) is 0 Å². The number of carbonyl (C=O) groups is 1. The number of carboxylic acid groups (broad SMARTS) is 1. The van der Waals surface area contributed by atoms with Crippen LogP contribution in [0.3, 0.4) is 0 Å². The van der Waals surface area contributed by atoms with Gasteiger partial charge in [0.25, 0.3) is 0 Å². The Bertz CT molecular complexity index is 564. The fourth-order valence-corrected chi connectivity index (χ4v) is 3.07. The molecule has 0 unspecified atom stereocenters. The van der Waals surface area contributed by atoms with Gasteiger partial charge in [0.15, 0.2) is 9.84 Å². The number of hydrogen-bond acceptors (Lipinski definition) is 5. The Hall–Kier alpha value is -1.60. The molecule has 6 nitrogen and oxygen atoms in total. The van der Waals surface area contributed by atoms with E-state index in [1.807, 2.05) is 0 Å². The Morgan fingerprint density at radius 2 is 2.00 bits per heavy atom. The van der Waals surface area contributed by atoms with Gasteiger partial charge in [0.1, 0.15) is 10.6 Å². The first-order chi connectivity index (χ1) is 9.40. The summed E-state index contributed by atoms with van der Waals surface area (Å²) in [6.45, 7) is 0.0881. The number of methoxy groups -OCH3 is 2. The van der Waals surface area contributed by atoms with Crippen molar-refractivity contribution < 1.29 is 27.8 Å². The van der Waals surface area contributed by atoms with Crippen LogP contribution in [-0.2, 0) is 25.8 Å². The molecule has 0 heterocycles. The highest BCUT2D eigenvalue weighted by Crippen LogP contribution is 2.26. The quantitative estimate of drug-likeness (QED) is 0.774. The Morgan fingerprint density at radius 3 is 2.55 bits per heavy atom. The highest BCUT2D eigenvalue weighted by Gasteiger charge is 2.20. The molecule has 0 amide bonds. The van der Waals surface area contributed by atoms with E-state index >= 15 is 0 Å². The number of hydrogen-bond donors (Lipinski definition) is 1. The van der Waals surface area contributed by atoms with E-state index in [0.29, 0.717) is 5.56 Å². The van der Waals surface area contributed by atoms with Gasteiger partial charge in [-0.2, -0.15) is 0 Å². The molecule has 0 saturated heterocycles. The minimum atomic E-state index is -3.52. The summed E-state index contributed by atoms with van der Waals surface area (Å²) in [5.74, 6) is -0.827. The van der Waals surface area contributed by atoms with E-state index in [9.17, 15) is 13.2 Å². The normalized spacial score (nSPS) is 11.3. The lowest BCUT2D eigenvalue weighted by molar-refractivity contribution is -0.136. The highest BCUT2D eigenvalue weighted by atomic mass is 32.2. The summed E-state index contributed by atoms with van der Waals surface area (Å²) in [5, 5.41) is 8.66. The maximum absolute atomic E-state index is 12.2. The average molecular weight is 302 g/mol. The molecule has 0 aliphatic heterocycles. The summed E-state index contributed by atoms with van der Waals surface area (Å²) >= 11 is 0. The van der Waals surface area contributed by atoms with Gasteiger partial charge in [-0.25, -0.2) is 8.42 Å². The lowest BCUT2D eigenvalue weighted by Crippen LogP contribution is -2.13. The van der Waals surface area contributed by atoms with Gasteiger partial charge in [-0.3, -0.25) is 4.79 Å². The lowest BCUT2D eigenvalue weighted by atomic mass is 10.1. The van der Waals surface area contributed by atoms with E-state index in [0.717, 1.165) is 0 Å². The van der Waals surface area contributed by atoms with Crippen molar-refractivity contribution in [1.82, 2.24) is 0 Å². The van der Waals surface area contributed by atoms with Gasteiger partial charge in [0.2, 0.25) is 0 Å². The Morgan fingerprint density at radius 1 is 1.30 bits per heavy atom. The molecule has 1 rings (SSSR count). The van der Waals surface area contributed by atoms with Crippen LogP contribution in [0.4, 0.5) is 0 Å². The monoisotopic (exact) mass is 302 g/mol. The minimum absolute atomic E-state index is 0.0517. The third-order valence-corrected chi connectivity index (χ3v) is 4.44. The molecule has 1 aromatic carbocycles. The molecule has 112 valence electrons. The predicted octanol–water partition coefficient (Wildman–Crippen LogP) is 1.13. The Labute approximate surface area is 118 Å². The van der Waals surface area contributed by atoms with Gasteiger partial charge in [-0.15, -0.1) is 0 Å². The molecule has 7 heteroatoms. The molecular formula is C13H18O6S. The summed E-state index contributed by atoms with van der Waals surface area (Å²) in [6, 6.07) is 4.67. The van der Waals surface area contributed by atoms with E-state index in [2.05, 4.69) is 0 Å². The summed E-state index contributed by atoms with van der Waals surface area (Å²) in [5.41, 5.74) is 0.643. The molecule has 0 radical (unpaired) electrons. The molecule has 1 aromatic rings. The summed E-state index contributed by atoms with van der Waals surface area (Å²) in [6.07, 6.45) is 0.218.